The van der Waals surface area contributed by atoms with E-state index in [1.807, 2.05) is 0 Å². The van der Waals surface area contributed by atoms with E-state index < -0.39 is 35.2 Å². The van der Waals surface area contributed by atoms with Crippen LogP contribution < -0.4 is 0 Å². The number of Topliss-reactive ketones (excluding diaryl/α,β-unsaturated/α-hetero) is 2. The molecule has 4 radical (unpaired) electrons. The SMILES string of the molecule is C[Si](C)C1=C([Si](C)C)C(=O)C([Si](C)C)=C([Si](C)C)C1=O. The van der Waals surface area contributed by atoms with Crippen molar-refractivity contribution in [3.8, 4) is 0 Å². The fraction of sp³-hybridized carbons (Fsp3) is 0.571. The highest BCUT2D eigenvalue weighted by Gasteiger charge is 2.38. The van der Waals surface area contributed by atoms with Crippen LogP contribution in [0.4, 0.5) is 0 Å². The standard InChI is InChI=1S/C14H24O2Si4/c1-17(2)11-9(15)13(19(5)6)14(20(7)8)10(16)12(11)18(3)4/h1-8H3. The van der Waals surface area contributed by atoms with Gasteiger partial charge >= 0.3 is 0 Å². The second-order valence-electron chi connectivity index (χ2n) is 6.16. The highest BCUT2D eigenvalue weighted by atomic mass is 28.3. The summed E-state index contributed by atoms with van der Waals surface area (Å²) in [7, 11) is -3.58. The van der Waals surface area contributed by atoms with Gasteiger partial charge in [-0.2, -0.15) is 0 Å². The van der Waals surface area contributed by atoms with Crippen molar-refractivity contribution in [1.29, 1.82) is 0 Å². The molecular formula is C14H24O2Si4. The fourth-order valence-electron chi connectivity index (χ4n) is 2.61. The summed E-state index contributed by atoms with van der Waals surface area (Å²) in [5.74, 6) is 0.481. The van der Waals surface area contributed by atoms with Crippen LogP contribution in [0.2, 0.25) is 52.4 Å². The Kier molecular flexibility index (Phi) is 5.88. The first-order valence-corrected chi connectivity index (χ1v) is 16.9. The predicted molar refractivity (Wildman–Crippen MR) is 94.0 cm³/mol. The Labute approximate surface area is 129 Å². The van der Waals surface area contributed by atoms with Crippen LogP contribution in [0.1, 0.15) is 0 Å². The van der Waals surface area contributed by atoms with Crippen molar-refractivity contribution >= 4 is 46.8 Å². The van der Waals surface area contributed by atoms with Crippen LogP contribution in [0.3, 0.4) is 0 Å². The van der Waals surface area contributed by atoms with Crippen LogP contribution >= 0.6 is 0 Å². The van der Waals surface area contributed by atoms with Crippen LogP contribution in [0.5, 0.6) is 0 Å². The van der Waals surface area contributed by atoms with Gasteiger partial charge in [0, 0.05) is 0 Å². The fourth-order valence-corrected chi connectivity index (χ4v) is 10.6. The lowest BCUT2D eigenvalue weighted by Gasteiger charge is -2.29. The summed E-state index contributed by atoms with van der Waals surface area (Å²) in [5.41, 5.74) is 0. The van der Waals surface area contributed by atoms with E-state index in [1.54, 1.807) is 0 Å². The zero-order valence-electron chi connectivity index (χ0n) is 13.8. The van der Waals surface area contributed by atoms with Crippen LogP contribution in [0, 0.1) is 0 Å². The van der Waals surface area contributed by atoms with E-state index in [4.69, 9.17) is 0 Å². The summed E-state index contributed by atoms with van der Waals surface area (Å²) in [4.78, 5) is 26.0. The zero-order valence-corrected chi connectivity index (χ0v) is 17.8. The number of carbonyl (C=O) groups is 2. The number of hydrogen-bond acceptors (Lipinski definition) is 2. The van der Waals surface area contributed by atoms with Crippen LogP contribution in [0.25, 0.3) is 0 Å². The molecule has 0 aromatic carbocycles. The van der Waals surface area contributed by atoms with Gasteiger partial charge in [-0.15, -0.1) is 0 Å². The molecule has 0 saturated carbocycles. The average molecular weight is 337 g/mol. The molecule has 0 aromatic heterocycles. The van der Waals surface area contributed by atoms with Gasteiger partial charge in [-0.25, -0.2) is 0 Å². The summed E-state index contributed by atoms with van der Waals surface area (Å²) in [6.07, 6.45) is 0. The zero-order chi connectivity index (χ0) is 15.8. The average Bonchev–Trinajstić information content (AvgIpc) is 2.28. The molecule has 0 unspecified atom stereocenters. The topological polar surface area (TPSA) is 34.1 Å². The third-order valence-corrected chi connectivity index (χ3v) is 9.82. The van der Waals surface area contributed by atoms with E-state index in [0.29, 0.717) is 0 Å². The summed E-state index contributed by atoms with van der Waals surface area (Å²) >= 11 is 0. The van der Waals surface area contributed by atoms with Gasteiger partial charge in [0.1, 0.15) is 0 Å². The first kappa shape index (κ1) is 17.7. The minimum absolute atomic E-state index is 0.241. The van der Waals surface area contributed by atoms with Gasteiger partial charge in [-0.1, -0.05) is 52.4 Å². The molecule has 0 atom stereocenters. The van der Waals surface area contributed by atoms with E-state index in [1.165, 1.54) is 0 Å². The van der Waals surface area contributed by atoms with Gasteiger partial charge in [0.2, 0.25) is 0 Å². The molecule has 108 valence electrons. The Balaban J connectivity index is 3.63. The molecule has 0 aromatic rings. The van der Waals surface area contributed by atoms with Crippen molar-refractivity contribution in [3.63, 3.8) is 0 Å². The molecule has 0 aliphatic heterocycles. The normalized spacial score (nSPS) is 17.6. The molecule has 2 nitrogen and oxygen atoms in total. The maximum atomic E-state index is 13.0. The quantitative estimate of drug-likeness (QED) is 0.584. The maximum Gasteiger partial charge on any atom is 0.176 e. The van der Waals surface area contributed by atoms with Crippen LogP contribution in [-0.2, 0) is 9.59 Å². The van der Waals surface area contributed by atoms with Crippen molar-refractivity contribution in [2.24, 2.45) is 0 Å². The highest BCUT2D eigenvalue weighted by molar-refractivity contribution is 6.89. The van der Waals surface area contributed by atoms with E-state index in [0.717, 1.165) is 20.8 Å². The minimum Gasteiger partial charge on any atom is -0.290 e. The lowest BCUT2D eigenvalue weighted by molar-refractivity contribution is -0.115. The number of ketones is 2. The van der Waals surface area contributed by atoms with Crippen molar-refractivity contribution in [2.75, 3.05) is 0 Å². The molecule has 20 heavy (non-hydrogen) atoms. The minimum atomic E-state index is -0.895. The molecule has 1 aliphatic carbocycles. The number of hydrogen-bond donors (Lipinski definition) is 0. The summed E-state index contributed by atoms with van der Waals surface area (Å²) < 4.78 is 0. The third kappa shape index (κ3) is 3.13. The van der Waals surface area contributed by atoms with Gasteiger partial charge in [-0.05, 0) is 20.8 Å². The van der Waals surface area contributed by atoms with Gasteiger partial charge in [0.15, 0.2) is 11.6 Å². The maximum absolute atomic E-state index is 13.0. The molecule has 0 heterocycles. The van der Waals surface area contributed by atoms with E-state index in [-0.39, 0.29) is 11.6 Å². The monoisotopic (exact) mass is 336 g/mol. The van der Waals surface area contributed by atoms with Crippen molar-refractivity contribution in [1.82, 2.24) is 0 Å². The molecule has 0 N–H and O–H groups in total. The van der Waals surface area contributed by atoms with E-state index in [9.17, 15) is 9.59 Å². The molecule has 0 fully saturated rings. The number of rotatable bonds is 4. The number of carbonyl (C=O) groups excluding carboxylic acids is 2. The Hall–Kier alpha value is -0.312. The second-order valence-corrected chi connectivity index (χ2v) is 16.2. The Morgan fingerprint density at radius 3 is 0.700 bits per heavy atom. The largest absolute Gasteiger partial charge is 0.290 e. The van der Waals surface area contributed by atoms with Crippen molar-refractivity contribution in [3.05, 3.63) is 20.8 Å². The van der Waals surface area contributed by atoms with Gasteiger partial charge in [-0.3, -0.25) is 9.59 Å². The molecule has 6 heteroatoms. The lowest BCUT2D eigenvalue weighted by atomic mass is 10.1. The molecule has 0 spiro atoms. The van der Waals surface area contributed by atoms with E-state index >= 15 is 0 Å². The molecule has 0 bridgehead atoms. The van der Waals surface area contributed by atoms with Gasteiger partial charge < -0.3 is 0 Å². The molecule has 0 amide bonds. The van der Waals surface area contributed by atoms with Gasteiger partial charge in [0.05, 0.1) is 35.2 Å². The highest BCUT2D eigenvalue weighted by Crippen LogP contribution is 2.30. The third-order valence-electron chi connectivity index (χ3n) is 3.41. The van der Waals surface area contributed by atoms with E-state index in [2.05, 4.69) is 52.4 Å². The molecule has 1 aliphatic rings. The smallest absolute Gasteiger partial charge is 0.176 e. The summed E-state index contributed by atoms with van der Waals surface area (Å²) in [6, 6.07) is 0. The summed E-state index contributed by atoms with van der Waals surface area (Å²) in [6.45, 7) is 17.1. The molecule has 1 rings (SSSR count). The molecule has 0 saturated heterocycles. The first-order chi connectivity index (χ1) is 9.11. The predicted octanol–water partition coefficient (Wildman–Crippen LogP) is 2.91. The molecular weight excluding hydrogens is 312 g/mol. The van der Waals surface area contributed by atoms with Crippen LogP contribution in [-0.4, -0.2) is 46.8 Å². The first-order valence-electron chi connectivity index (χ1n) is 6.91. The Bertz CT molecular complexity index is 413. The number of allylic oxidation sites excluding steroid dienone is 4. The Morgan fingerprint density at radius 1 is 0.450 bits per heavy atom. The summed E-state index contributed by atoms with van der Waals surface area (Å²) in [5, 5.41) is 3.69. The Morgan fingerprint density at radius 2 is 0.600 bits per heavy atom. The second kappa shape index (κ2) is 6.63. The van der Waals surface area contributed by atoms with Crippen molar-refractivity contribution in [2.45, 2.75) is 52.4 Å². The van der Waals surface area contributed by atoms with Crippen LogP contribution in [0.15, 0.2) is 20.8 Å². The van der Waals surface area contributed by atoms with Gasteiger partial charge in [0.25, 0.3) is 0 Å². The lowest BCUT2D eigenvalue weighted by Crippen LogP contribution is -2.40. The van der Waals surface area contributed by atoms with Crippen molar-refractivity contribution < 1.29 is 9.59 Å².